The van der Waals surface area contributed by atoms with Crippen molar-refractivity contribution in [1.29, 1.82) is 0 Å². The molecule has 130 valence electrons. The number of methoxy groups -OCH3 is 1. The summed E-state index contributed by atoms with van der Waals surface area (Å²) >= 11 is 6.08. The summed E-state index contributed by atoms with van der Waals surface area (Å²) in [5, 5.41) is 2.98. The monoisotopic (exact) mass is 353 g/mol. The molecule has 1 aliphatic heterocycles. The average molecular weight is 354 g/mol. The first-order valence-electron chi connectivity index (χ1n) is 7.41. The number of hydrogen-bond acceptors (Lipinski definition) is 5. The molecule has 3 amide bonds. The number of carbonyl (C=O) groups excluding carboxylic acids is 3. The quantitative estimate of drug-likeness (QED) is 0.798. The lowest BCUT2D eigenvalue weighted by Crippen LogP contribution is -2.44. The molecule has 0 aromatic heterocycles. The Morgan fingerprint density at radius 2 is 2.12 bits per heavy atom. The first-order valence-corrected chi connectivity index (χ1v) is 7.79. The first kappa shape index (κ1) is 18.2. The molecule has 2 rings (SSSR count). The minimum Gasteiger partial charge on any atom is -0.495 e. The number of amides is 3. The SMILES string of the molecule is CNC(=O)CN(C)C1CC(=O)N(c2cc(C)c(Cl)cc2OC)C1=O. The van der Waals surface area contributed by atoms with Crippen molar-refractivity contribution in [2.45, 2.75) is 19.4 Å². The zero-order valence-corrected chi connectivity index (χ0v) is 14.8. The summed E-state index contributed by atoms with van der Waals surface area (Å²) in [4.78, 5) is 39.3. The van der Waals surface area contributed by atoms with E-state index in [-0.39, 0.29) is 30.7 Å². The second-order valence-corrected chi connectivity index (χ2v) is 6.06. The highest BCUT2D eigenvalue weighted by molar-refractivity contribution is 6.32. The minimum atomic E-state index is -0.685. The number of imide groups is 1. The Bertz CT molecular complexity index is 692. The molecular weight excluding hydrogens is 334 g/mol. The van der Waals surface area contributed by atoms with Crippen LogP contribution >= 0.6 is 11.6 Å². The Morgan fingerprint density at radius 3 is 2.71 bits per heavy atom. The molecule has 0 bridgehead atoms. The van der Waals surface area contributed by atoms with Crippen LogP contribution in [0.3, 0.4) is 0 Å². The van der Waals surface area contributed by atoms with Crippen molar-refractivity contribution >= 4 is 35.0 Å². The minimum absolute atomic E-state index is 0.0111. The maximum absolute atomic E-state index is 12.7. The molecule has 1 aromatic carbocycles. The summed E-state index contributed by atoms with van der Waals surface area (Å²) in [6.07, 6.45) is 0.0111. The molecule has 1 aliphatic rings. The number of aryl methyl sites for hydroxylation is 1. The van der Waals surface area contributed by atoms with Gasteiger partial charge in [0.25, 0.3) is 5.91 Å². The van der Waals surface area contributed by atoms with Gasteiger partial charge in [0, 0.05) is 18.1 Å². The number of rotatable bonds is 5. The van der Waals surface area contributed by atoms with Gasteiger partial charge in [0.15, 0.2) is 0 Å². The summed E-state index contributed by atoms with van der Waals surface area (Å²) < 4.78 is 5.26. The number of nitrogens with one attached hydrogen (secondary N) is 1. The van der Waals surface area contributed by atoms with Crippen LogP contribution in [0.25, 0.3) is 0 Å². The topological polar surface area (TPSA) is 79.0 Å². The Morgan fingerprint density at radius 1 is 1.46 bits per heavy atom. The second kappa shape index (κ2) is 7.19. The predicted octanol–water partition coefficient (Wildman–Crippen LogP) is 0.967. The van der Waals surface area contributed by atoms with Crippen LogP contribution in [-0.2, 0) is 14.4 Å². The lowest BCUT2D eigenvalue weighted by Gasteiger charge is -2.23. The van der Waals surface area contributed by atoms with Crippen LogP contribution in [0.2, 0.25) is 5.02 Å². The molecule has 0 radical (unpaired) electrons. The summed E-state index contributed by atoms with van der Waals surface area (Å²) in [5.41, 5.74) is 1.10. The number of anilines is 1. The van der Waals surface area contributed by atoms with E-state index in [0.717, 1.165) is 10.5 Å². The molecule has 24 heavy (non-hydrogen) atoms. The van der Waals surface area contributed by atoms with Crippen molar-refractivity contribution in [2.24, 2.45) is 0 Å². The zero-order chi connectivity index (χ0) is 18.0. The van der Waals surface area contributed by atoms with Crippen LogP contribution in [0.1, 0.15) is 12.0 Å². The Labute approximate surface area is 145 Å². The number of likely N-dealkylation sites (N-methyl/N-ethyl adjacent to an activating group) is 2. The normalized spacial score (nSPS) is 17.6. The van der Waals surface area contributed by atoms with Crippen molar-refractivity contribution in [1.82, 2.24) is 10.2 Å². The maximum Gasteiger partial charge on any atom is 0.251 e. The largest absolute Gasteiger partial charge is 0.495 e. The van der Waals surface area contributed by atoms with Gasteiger partial charge in [-0.3, -0.25) is 19.3 Å². The van der Waals surface area contributed by atoms with Crippen molar-refractivity contribution in [3.63, 3.8) is 0 Å². The van der Waals surface area contributed by atoms with E-state index >= 15 is 0 Å². The van der Waals surface area contributed by atoms with Gasteiger partial charge in [0.2, 0.25) is 11.8 Å². The Hall–Kier alpha value is -2.12. The van der Waals surface area contributed by atoms with E-state index in [2.05, 4.69) is 5.32 Å². The van der Waals surface area contributed by atoms with Gasteiger partial charge < -0.3 is 10.1 Å². The fraction of sp³-hybridized carbons (Fsp3) is 0.438. The zero-order valence-electron chi connectivity index (χ0n) is 14.1. The smallest absolute Gasteiger partial charge is 0.251 e. The summed E-state index contributed by atoms with van der Waals surface area (Å²) in [7, 11) is 4.61. The van der Waals surface area contributed by atoms with E-state index in [1.807, 2.05) is 0 Å². The van der Waals surface area contributed by atoms with Gasteiger partial charge in [-0.1, -0.05) is 11.6 Å². The van der Waals surface area contributed by atoms with Crippen molar-refractivity contribution in [3.05, 3.63) is 22.7 Å². The van der Waals surface area contributed by atoms with Crippen LogP contribution in [0.4, 0.5) is 5.69 Å². The summed E-state index contributed by atoms with van der Waals surface area (Å²) in [5.74, 6) is -0.599. The van der Waals surface area contributed by atoms with Gasteiger partial charge in [0.1, 0.15) is 5.75 Å². The van der Waals surface area contributed by atoms with Crippen molar-refractivity contribution in [2.75, 3.05) is 32.6 Å². The lowest BCUT2D eigenvalue weighted by molar-refractivity contribution is -0.124. The number of hydrogen-bond donors (Lipinski definition) is 1. The van der Waals surface area contributed by atoms with Crippen LogP contribution in [0.5, 0.6) is 5.75 Å². The number of nitrogens with zero attached hydrogens (tertiary/aromatic N) is 2. The molecule has 7 nitrogen and oxygen atoms in total. The van der Waals surface area contributed by atoms with E-state index in [4.69, 9.17) is 16.3 Å². The van der Waals surface area contributed by atoms with Gasteiger partial charge in [-0.15, -0.1) is 0 Å². The first-order chi connectivity index (χ1) is 11.3. The predicted molar refractivity (Wildman–Crippen MR) is 90.3 cm³/mol. The average Bonchev–Trinajstić information content (AvgIpc) is 2.84. The Kier molecular flexibility index (Phi) is 5.46. The van der Waals surface area contributed by atoms with E-state index in [1.165, 1.54) is 14.2 Å². The Balaban J connectivity index is 2.33. The molecule has 1 atom stereocenters. The van der Waals surface area contributed by atoms with E-state index in [9.17, 15) is 14.4 Å². The molecule has 1 fully saturated rings. The lowest BCUT2D eigenvalue weighted by atomic mass is 10.2. The van der Waals surface area contributed by atoms with Crippen molar-refractivity contribution < 1.29 is 19.1 Å². The molecule has 1 aromatic rings. The maximum atomic E-state index is 12.7. The summed E-state index contributed by atoms with van der Waals surface area (Å²) in [6, 6.07) is 2.54. The third-order valence-electron chi connectivity index (χ3n) is 4.03. The molecule has 1 saturated heterocycles. The molecule has 8 heteroatoms. The van der Waals surface area contributed by atoms with E-state index in [1.54, 1.807) is 31.0 Å². The van der Waals surface area contributed by atoms with Crippen LogP contribution < -0.4 is 15.0 Å². The number of ether oxygens (including phenoxy) is 1. The molecule has 0 spiro atoms. The molecule has 1 unspecified atom stereocenters. The van der Waals surface area contributed by atoms with Gasteiger partial charge in [-0.25, -0.2) is 4.90 Å². The van der Waals surface area contributed by atoms with E-state index < -0.39 is 6.04 Å². The second-order valence-electron chi connectivity index (χ2n) is 5.65. The fourth-order valence-corrected chi connectivity index (χ4v) is 2.77. The van der Waals surface area contributed by atoms with Crippen LogP contribution in [0.15, 0.2) is 12.1 Å². The van der Waals surface area contributed by atoms with Crippen molar-refractivity contribution in [3.8, 4) is 5.75 Å². The summed E-state index contributed by atoms with van der Waals surface area (Å²) in [6.45, 7) is 1.82. The molecular formula is C16H20ClN3O4. The van der Waals surface area contributed by atoms with Gasteiger partial charge >= 0.3 is 0 Å². The standard InChI is InChI=1S/C16H20ClN3O4/c1-9-5-11(13(24-4)6-10(9)17)20-15(22)7-12(16(20)23)19(3)8-14(21)18-2/h5-6,12H,7-8H2,1-4H3,(H,18,21). The molecule has 1 heterocycles. The molecule has 0 saturated carbocycles. The molecule has 1 N–H and O–H groups in total. The third kappa shape index (κ3) is 3.37. The third-order valence-corrected chi connectivity index (χ3v) is 4.43. The highest BCUT2D eigenvalue weighted by Crippen LogP contribution is 2.36. The molecule has 0 aliphatic carbocycles. The van der Waals surface area contributed by atoms with E-state index in [0.29, 0.717) is 16.5 Å². The van der Waals surface area contributed by atoms with Crippen LogP contribution in [0, 0.1) is 6.92 Å². The fourth-order valence-electron chi connectivity index (χ4n) is 2.62. The van der Waals surface area contributed by atoms with Gasteiger partial charge in [0.05, 0.1) is 31.8 Å². The number of benzene rings is 1. The van der Waals surface area contributed by atoms with Crippen LogP contribution in [-0.4, -0.2) is 56.4 Å². The van der Waals surface area contributed by atoms with Gasteiger partial charge in [-0.2, -0.15) is 0 Å². The highest BCUT2D eigenvalue weighted by atomic mass is 35.5. The van der Waals surface area contributed by atoms with Gasteiger partial charge in [-0.05, 0) is 25.6 Å². The number of carbonyl (C=O) groups is 3. The number of halogens is 1. The highest BCUT2D eigenvalue weighted by Gasteiger charge is 2.43.